The summed E-state index contributed by atoms with van der Waals surface area (Å²) in [4.78, 5) is 14.1. The zero-order valence-electron chi connectivity index (χ0n) is 10.4. The molecule has 94 valence electrons. The standard InChI is InChI=1S/C11H22N2OS2/c1-4-9(7-15-3)13(2)11(14)10-8-16-6-5-12-10/h9-10,12H,4-8H2,1-3H3. The summed E-state index contributed by atoms with van der Waals surface area (Å²) >= 11 is 3.67. The molecule has 1 rings (SSSR count). The molecule has 0 aromatic carbocycles. The fraction of sp³-hybridized carbons (Fsp3) is 0.909. The highest BCUT2D eigenvalue weighted by molar-refractivity contribution is 7.99. The monoisotopic (exact) mass is 262 g/mol. The maximum Gasteiger partial charge on any atom is 0.240 e. The van der Waals surface area contributed by atoms with Gasteiger partial charge in [0.1, 0.15) is 0 Å². The van der Waals surface area contributed by atoms with E-state index in [0.29, 0.717) is 6.04 Å². The molecule has 1 amide bonds. The predicted octanol–water partition coefficient (Wildman–Crippen LogP) is 1.29. The van der Waals surface area contributed by atoms with Gasteiger partial charge >= 0.3 is 0 Å². The van der Waals surface area contributed by atoms with Gasteiger partial charge in [0.15, 0.2) is 0 Å². The van der Waals surface area contributed by atoms with E-state index >= 15 is 0 Å². The molecule has 3 nitrogen and oxygen atoms in total. The van der Waals surface area contributed by atoms with Gasteiger partial charge in [0.2, 0.25) is 5.91 Å². The molecule has 0 radical (unpaired) electrons. The Kier molecular flexibility index (Phi) is 6.61. The Labute approximate surface area is 107 Å². The number of carbonyl (C=O) groups is 1. The van der Waals surface area contributed by atoms with Crippen molar-refractivity contribution in [3.63, 3.8) is 0 Å². The highest BCUT2D eigenvalue weighted by Gasteiger charge is 2.27. The normalized spacial score (nSPS) is 22.8. The summed E-state index contributed by atoms with van der Waals surface area (Å²) in [5, 5.41) is 3.30. The van der Waals surface area contributed by atoms with Gasteiger partial charge in [-0.25, -0.2) is 0 Å². The summed E-state index contributed by atoms with van der Waals surface area (Å²) in [6, 6.07) is 0.399. The number of hydrogen-bond acceptors (Lipinski definition) is 4. The van der Waals surface area contributed by atoms with Gasteiger partial charge < -0.3 is 10.2 Å². The fourth-order valence-electron chi connectivity index (χ4n) is 1.85. The van der Waals surface area contributed by atoms with E-state index in [1.165, 1.54) is 0 Å². The Balaban J connectivity index is 2.49. The summed E-state index contributed by atoms with van der Waals surface area (Å²) in [5.74, 6) is 3.32. The van der Waals surface area contributed by atoms with Gasteiger partial charge in [0.25, 0.3) is 0 Å². The highest BCUT2D eigenvalue weighted by Crippen LogP contribution is 2.13. The number of hydrogen-bond donors (Lipinski definition) is 1. The molecule has 1 aliphatic rings. The first-order valence-electron chi connectivity index (χ1n) is 5.77. The first kappa shape index (κ1) is 14.2. The van der Waals surface area contributed by atoms with Crippen LogP contribution in [-0.4, -0.2) is 60.0 Å². The Morgan fingerprint density at radius 2 is 2.44 bits per heavy atom. The average molecular weight is 262 g/mol. The summed E-state index contributed by atoms with van der Waals surface area (Å²) in [6.07, 6.45) is 3.12. The van der Waals surface area contributed by atoms with Crippen LogP contribution in [0.3, 0.4) is 0 Å². The first-order valence-corrected chi connectivity index (χ1v) is 8.32. The van der Waals surface area contributed by atoms with Crippen LogP contribution in [0.15, 0.2) is 0 Å². The lowest BCUT2D eigenvalue weighted by Gasteiger charge is -2.32. The number of nitrogens with zero attached hydrogens (tertiary/aromatic N) is 1. The van der Waals surface area contributed by atoms with Crippen molar-refractivity contribution in [1.82, 2.24) is 10.2 Å². The fourth-order valence-corrected chi connectivity index (χ4v) is 3.61. The molecule has 2 unspecified atom stereocenters. The Morgan fingerprint density at radius 1 is 1.69 bits per heavy atom. The SMILES string of the molecule is CCC(CSC)N(C)C(=O)C1CSCCN1. The maximum atomic E-state index is 12.2. The maximum absolute atomic E-state index is 12.2. The molecule has 1 aliphatic heterocycles. The van der Waals surface area contributed by atoms with Crippen LogP contribution in [0.5, 0.6) is 0 Å². The minimum absolute atomic E-state index is 0.0275. The van der Waals surface area contributed by atoms with Gasteiger partial charge in [0.05, 0.1) is 6.04 Å². The lowest BCUT2D eigenvalue weighted by atomic mass is 10.2. The Morgan fingerprint density at radius 3 is 2.94 bits per heavy atom. The van der Waals surface area contributed by atoms with Gasteiger partial charge in [-0.2, -0.15) is 23.5 Å². The van der Waals surface area contributed by atoms with Crippen LogP contribution < -0.4 is 5.32 Å². The van der Waals surface area contributed by atoms with Crippen molar-refractivity contribution in [2.45, 2.75) is 25.4 Å². The molecule has 2 atom stereocenters. The van der Waals surface area contributed by atoms with Crippen LogP contribution in [0.2, 0.25) is 0 Å². The van der Waals surface area contributed by atoms with Gasteiger partial charge in [-0.05, 0) is 12.7 Å². The number of amides is 1. The number of likely N-dealkylation sites (N-methyl/N-ethyl adjacent to an activating group) is 1. The molecule has 1 fully saturated rings. The third kappa shape index (κ3) is 3.86. The number of nitrogens with one attached hydrogen (secondary N) is 1. The van der Waals surface area contributed by atoms with Crippen molar-refractivity contribution in [3.8, 4) is 0 Å². The van der Waals surface area contributed by atoms with Crippen molar-refractivity contribution in [1.29, 1.82) is 0 Å². The van der Waals surface area contributed by atoms with E-state index in [4.69, 9.17) is 0 Å². The van der Waals surface area contributed by atoms with E-state index in [1.807, 2.05) is 35.5 Å². The second kappa shape index (κ2) is 7.45. The summed E-state index contributed by atoms with van der Waals surface area (Å²) in [6.45, 7) is 3.10. The van der Waals surface area contributed by atoms with Crippen LogP contribution >= 0.6 is 23.5 Å². The number of rotatable bonds is 5. The van der Waals surface area contributed by atoms with Gasteiger partial charge in [-0.1, -0.05) is 6.92 Å². The van der Waals surface area contributed by atoms with Crippen molar-refractivity contribution < 1.29 is 4.79 Å². The third-order valence-electron chi connectivity index (χ3n) is 2.95. The van der Waals surface area contributed by atoms with E-state index in [1.54, 1.807) is 0 Å². The molecule has 0 aromatic heterocycles. The quantitative estimate of drug-likeness (QED) is 0.809. The zero-order chi connectivity index (χ0) is 12.0. The molecule has 1 saturated heterocycles. The smallest absolute Gasteiger partial charge is 0.240 e. The lowest BCUT2D eigenvalue weighted by molar-refractivity contribution is -0.133. The van der Waals surface area contributed by atoms with E-state index in [-0.39, 0.29) is 11.9 Å². The molecule has 5 heteroatoms. The second-order valence-electron chi connectivity index (χ2n) is 4.05. The average Bonchev–Trinajstić information content (AvgIpc) is 2.35. The van der Waals surface area contributed by atoms with Crippen molar-refractivity contribution in [2.75, 3.05) is 37.1 Å². The molecule has 0 bridgehead atoms. The van der Waals surface area contributed by atoms with E-state index in [9.17, 15) is 4.79 Å². The molecule has 16 heavy (non-hydrogen) atoms. The van der Waals surface area contributed by atoms with Crippen molar-refractivity contribution in [3.05, 3.63) is 0 Å². The van der Waals surface area contributed by atoms with Gasteiger partial charge in [-0.3, -0.25) is 4.79 Å². The van der Waals surface area contributed by atoms with Crippen LogP contribution in [0, 0.1) is 0 Å². The Bertz CT molecular complexity index is 220. The van der Waals surface area contributed by atoms with Gasteiger partial charge in [-0.15, -0.1) is 0 Å². The minimum Gasteiger partial charge on any atom is -0.341 e. The van der Waals surface area contributed by atoms with Crippen LogP contribution in [0.4, 0.5) is 0 Å². The van der Waals surface area contributed by atoms with E-state index in [2.05, 4.69) is 18.5 Å². The largest absolute Gasteiger partial charge is 0.341 e. The van der Waals surface area contributed by atoms with E-state index < -0.39 is 0 Å². The minimum atomic E-state index is 0.0275. The number of thioether (sulfide) groups is 2. The molecule has 1 N–H and O–H groups in total. The van der Waals surface area contributed by atoms with Crippen molar-refractivity contribution >= 4 is 29.4 Å². The predicted molar refractivity (Wildman–Crippen MR) is 74.3 cm³/mol. The molecular weight excluding hydrogens is 240 g/mol. The molecule has 0 aromatic rings. The summed E-state index contributed by atoms with van der Waals surface area (Å²) in [7, 11) is 1.94. The molecule has 0 saturated carbocycles. The Hall–Kier alpha value is 0.130. The molecular formula is C11H22N2OS2. The lowest BCUT2D eigenvalue weighted by Crippen LogP contribution is -2.52. The third-order valence-corrected chi connectivity index (χ3v) is 4.73. The number of carbonyl (C=O) groups excluding carboxylic acids is 1. The molecule has 0 spiro atoms. The zero-order valence-corrected chi connectivity index (χ0v) is 12.0. The van der Waals surface area contributed by atoms with Crippen molar-refractivity contribution in [2.24, 2.45) is 0 Å². The topological polar surface area (TPSA) is 32.3 Å². The van der Waals surface area contributed by atoms with Crippen LogP contribution in [0.25, 0.3) is 0 Å². The van der Waals surface area contributed by atoms with Gasteiger partial charge in [0, 0.05) is 36.9 Å². The summed E-state index contributed by atoms with van der Waals surface area (Å²) < 4.78 is 0. The van der Waals surface area contributed by atoms with E-state index in [0.717, 1.165) is 30.2 Å². The molecule has 1 heterocycles. The summed E-state index contributed by atoms with van der Waals surface area (Å²) in [5.41, 5.74) is 0. The van der Waals surface area contributed by atoms with Crippen LogP contribution in [-0.2, 0) is 4.79 Å². The highest BCUT2D eigenvalue weighted by atomic mass is 32.2. The molecule has 0 aliphatic carbocycles. The first-order chi connectivity index (χ1) is 7.70. The van der Waals surface area contributed by atoms with Crippen LogP contribution in [0.1, 0.15) is 13.3 Å². The second-order valence-corrected chi connectivity index (χ2v) is 6.11.